The molecule has 31 heavy (non-hydrogen) atoms. The summed E-state index contributed by atoms with van der Waals surface area (Å²) < 4.78 is 10.7. The summed E-state index contributed by atoms with van der Waals surface area (Å²) >= 11 is 0. The van der Waals surface area contributed by atoms with E-state index in [1.54, 1.807) is 14.2 Å². The molecule has 0 bridgehead atoms. The third kappa shape index (κ3) is 5.54. The van der Waals surface area contributed by atoms with Crippen molar-refractivity contribution in [3.8, 4) is 11.5 Å². The highest BCUT2D eigenvalue weighted by Gasteiger charge is 2.30. The number of aliphatic hydroxyl groups excluding tert-OH is 1. The minimum absolute atomic E-state index is 0.0177. The number of hydrogen-bond donors (Lipinski definition) is 1. The number of rotatable bonds is 9. The standard InChI is InChI=1S/C26H31NO4/c1-4-8-21(27-14-13-18-11-12-24(30-2)25(15-18)31-3)26-22(28)16-20(17-23(26)29)19-9-6-5-7-10-19/h5-7,9-12,15,20,28H,4,8,13-14,16-17H2,1-3H3. The van der Waals surface area contributed by atoms with Gasteiger partial charge in [-0.2, -0.15) is 0 Å². The Morgan fingerprint density at radius 2 is 1.81 bits per heavy atom. The van der Waals surface area contributed by atoms with Crippen LogP contribution in [0.4, 0.5) is 0 Å². The molecule has 164 valence electrons. The van der Waals surface area contributed by atoms with Crippen LogP contribution in [0, 0.1) is 0 Å². The lowest BCUT2D eigenvalue weighted by Crippen LogP contribution is -2.24. The fraction of sp³-hybridized carbons (Fsp3) is 0.385. The number of carbonyl (C=O) groups is 1. The average Bonchev–Trinajstić information content (AvgIpc) is 2.79. The zero-order valence-corrected chi connectivity index (χ0v) is 18.6. The van der Waals surface area contributed by atoms with E-state index in [1.807, 2.05) is 48.5 Å². The van der Waals surface area contributed by atoms with Crippen LogP contribution >= 0.6 is 0 Å². The summed E-state index contributed by atoms with van der Waals surface area (Å²) in [7, 11) is 3.23. The molecule has 5 heteroatoms. The van der Waals surface area contributed by atoms with Crippen molar-refractivity contribution >= 4 is 11.5 Å². The van der Waals surface area contributed by atoms with Crippen LogP contribution in [0.5, 0.6) is 11.5 Å². The summed E-state index contributed by atoms with van der Waals surface area (Å²) in [4.78, 5) is 17.7. The molecule has 1 aliphatic rings. The van der Waals surface area contributed by atoms with E-state index in [9.17, 15) is 9.90 Å². The second kappa shape index (κ2) is 10.8. The van der Waals surface area contributed by atoms with E-state index in [1.165, 1.54) is 0 Å². The fourth-order valence-electron chi connectivity index (χ4n) is 4.06. The molecule has 2 aromatic rings. The number of hydrogen-bond acceptors (Lipinski definition) is 5. The summed E-state index contributed by atoms with van der Waals surface area (Å²) in [6, 6.07) is 15.7. The van der Waals surface area contributed by atoms with Crippen molar-refractivity contribution in [3.05, 3.63) is 71.0 Å². The molecule has 0 amide bonds. The predicted octanol–water partition coefficient (Wildman–Crippen LogP) is 5.45. The smallest absolute Gasteiger partial charge is 0.168 e. The average molecular weight is 422 g/mol. The van der Waals surface area contributed by atoms with Gasteiger partial charge in [0.1, 0.15) is 5.76 Å². The Morgan fingerprint density at radius 3 is 2.45 bits per heavy atom. The van der Waals surface area contributed by atoms with Gasteiger partial charge >= 0.3 is 0 Å². The van der Waals surface area contributed by atoms with Crippen LogP contribution in [-0.4, -0.2) is 37.4 Å². The van der Waals surface area contributed by atoms with E-state index in [2.05, 4.69) is 6.92 Å². The number of ether oxygens (including phenoxy) is 2. The summed E-state index contributed by atoms with van der Waals surface area (Å²) in [5.74, 6) is 1.55. The van der Waals surface area contributed by atoms with Gasteiger partial charge in [0.25, 0.3) is 0 Å². The molecule has 1 aliphatic carbocycles. The number of aliphatic imine (C=N–C) groups is 1. The largest absolute Gasteiger partial charge is 0.511 e. The first kappa shape index (κ1) is 22.6. The number of nitrogens with zero attached hydrogens (tertiary/aromatic N) is 1. The summed E-state index contributed by atoms with van der Waals surface area (Å²) in [6.07, 6.45) is 3.13. The summed E-state index contributed by atoms with van der Waals surface area (Å²) in [5, 5.41) is 10.8. The van der Waals surface area contributed by atoms with Gasteiger partial charge in [-0.25, -0.2) is 0 Å². The Bertz CT molecular complexity index is 963. The van der Waals surface area contributed by atoms with Gasteiger partial charge in [0.15, 0.2) is 17.3 Å². The number of carbonyl (C=O) groups excluding carboxylic acids is 1. The highest BCUT2D eigenvalue weighted by atomic mass is 16.5. The highest BCUT2D eigenvalue weighted by molar-refractivity contribution is 6.23. The number of methoxy groups -OCH3 is 2. The number of aliphatic hydroxyl groups is 1. The molecule has 5 nitrogen and oxygen atoms in total. The van der Waals surface area contributed by atoms with Gasteiger partial charge in [-0.05, 0) is 42.0 Å². The van der Waals surface area contributed by atoms with Gasteiger partial charge in [-0.3, -0.25) is 9.79 Å². The van der Waals surface area contributed by atoms with Crippen molar-refractivity contribution < 1.29 is 19.4 Å². The number of Topliss-reactive ketones (excluding diaryl/α,β-unsaturated/α-hetero) is 1. The van der Waals surface area contributed by atoms with Crippen LogP contribution in [0.15, 0.2) is 64.9 Å². The molecule has 0 aromatic heterocycles. The summed E-state index contributed by atoms with van der Waals surface area (Å²) in [6.45, 7) is 2.60. The van der Waals surface area contributed by atoms with Crippen molar-refractivity contribution in [2.45, 2.75) is 44.9 Å². The molecule has 0 saturated carbocycles. The first-order valence-electron chi connectivity index (χ1n) is 10.8. The van der Waals surface area contributed by atoms with Gasteiger partial charge in [0.05, 0.1) is 19.8 Å². The number of ketones is 1. The highest BCUT2D eigenvalue weighted by Crippen LogP contribution is 2.34. The van der Waals surface area contributed by atoms with Crippen molar-refractivity contribution in [1.82, 2.24) is 0 Å². The quantitative estimate of drug-likeness (QED) is 0.547. The molecule has 0 fully saturated rings. The van der Waals surface area contributed by atoms with E-state index in [0.717, 1.165) is 23.3 Å². The van der Waals surface area contributed by atoms with Crippen LogP contribution in [0.25, 0.3) is 0 Å². The van der Waals surface area contributed by atoms with E-state index in [-0.39, 0.29) is 17.5 Å². The van der Waals surface area contributed by atoms with Crippen LogP contribution in [-0.2, 0) is 11.2 Å². The zero-order chi connectivity index (χ0) is 22.2. The van der Waals surface area contributed by atoms with Crippen LogP contribution in [0.2, 0.25) is 0 Å². The molecule has 0 radical (unpaired) electrons. The molecule has 0 spiro atoms. The third-order valence-corrected chi connectivity index (χ3v) is 5.64. The minimum atomic E-state index is -0.0177. The van der Waals surface area contributed by atoms with Crippen molar-refractivity contribution in [1.29, 1.82) is 0 Å². The Morgan fingerprint density at radius 1 is 1.06 bits per heavy atom. The zero-order valence-electron chi connectivity index (χ0n) is 18.6. The van der Waals surface area contributed by atoms with Crippen molar-refractivity contribution in [2.75, 3.05) is 20.8 Å². The normalized spacial score (nSPS) is 17.1. The maximum atomic E-state index is 13.0. The van der Waals surface area contributed by atoms with Gasteiger partial charge in [-0.1, -0.05) is 49.7 Å². The van der Waals surface area contributed by atoms with Crippen LogP contribution in [0.3, 0.4) is 0 Å². The van der Waals surface area contributed by atoms with Crippen molar-refractivity contribution in [3.63, 3.8) is 0 Å². The van der Waals surface area contributed by atoms with Gasteiger partial charge in [-0.15, -0.1) is 0 Å². The topological polar surface area (TPSA) is 68.1 Å². The van der Waals surface area contributed by atoms with Crippen LogP contribution < -0.4 is 9.47 Å². The second-order valence-corrected chi connectivity index (χ2v) is 7.78. The van der Waals surface area contributed by atoms with Gasteiger partial charge in [0.2, 0.25) is 0 Å². The van der Waals surface area contributed by atoms with Crippen LogP contribution in [0.1, 0.15) is 49.7 Å². The monoisotopic (exact) mass is 421 g/mol. The molecule has 0 saturated heterocycles. The molecule has 1 unspecified atom stereocenters. The first-order valence-corrected chi connectivity index (χ1v) is 10.8. The fourth-order valence-corrected chi connectivity index (χ4v) is 4.06. The molecule has 0 aliphatic heterocycles. The maximum Gasteiger partial charge on any atom is 0.168 e. The Kier molecular flexibility index (Phi) is 7.88. The lowest BCUT2D eigenvalue weighted by Gasteiger charge is -2.24. The third-order valence-electron chi connectivity index (χ3n) is 5.64. The maximum absolute atomic E-state index is 13.0. The van der Waals surface area contributed by atoms with Gasteiger partial charge in [0, 0.05) is 25.1 Å². The Labute approximate surface area is 184 Å². The molecule has 0 heterocycles. The summed E-state index contributed by atoms with van der Waals surface area (Å²) in [5.41, 5.74) is 3.32. The Balaban J connectivity index is 1.76. The Hall–Kier alpha value is -3.08. The van der Waals surface area contributed by atoms with E-state index < -0.39 is 0 Å². The predicted molar refractivity (Wildman–Crippen MR) is 124 cm³/mol. The molecular formula is C26H31NO4. The molecule has 3 rings (SSSR count). The lowest BCUT2D eigenvalue weighted by molar-refractivity contribution is -0.116. The molecule has 1 N–H and O–H groups in total. The molecule has 1 atom stereocenters. The van der Waals surface area contributed by atoms with Crippen molar-refractivity contribution in [2.24, 2.45) is 4.99 Å². The first-order chi connectivity index (χ1) is 15.1. The van der Waals surface area contributed by atoms with E-state index in [0.29, 0.717) is 49.3 Å². The number of allylic oxidation sites excluding steroid dienone is 2. The molecule has 2 aromatic carbocycles. The second-order valence-electron chi connectivity index (χ2n) is 7.78. The molecular weight excluding hydrogens is 390 g/mol. The van der Waals surface area contributed by atoms with E-state index in [4.69, 9.17) is 14.5 Å². The van der Waals surface area contributed by atoms with E-state index >= 15 is 0 Å². The lowest BCUT2D eigenvalue weighted by atomic mass is 9.81. The number of benzene rings is 2. The SMILES string of the molecule is CCCC(=NCCc1ccc(OC)c(OC)c1)C1=C(O)CC(c2ccccc2)CC1=O. The minimum Gasteiger partial charge on any atom is -0.511 e. The van der Waals surface area contributed by atoms with Gasteiger partial charge < -0.3 is 14.6 Å².